The lowest BCUT2D eigenvalue weighted by molar-refractivity contribution is -0.0641. The van der Waals surface area contributed by atoms with E-state index in [0.29, 0.717) is 6.10 Å². The Morgan fingerprint density at radius 3 is 2.30 bits per heavy atom. The lowest BCUT2D eigenvalue weighted by atomic mass is 9.97. The van der Waals surface area contributed by atoms with E-state index in [1.54, 1.807) is 0 Å². The highest BCUT2D eigenvalue weighted by Crippen LogP contribution is 2.39. The second kappa shape index (κ2) is 7.81. The zero-order chi connectivity index (χ0) is 16.2. The van der Waals surface area contributed by atoms with Gasteiger partial charge in [0.1, 0.15) is 0 Å². The van der Waals surface area contributed by atoms with E-state index in [4.69, 9.17) is 4.74 Å². The summed E-state index contributed by atoms with van der Waals surface area (Å²) in [7, 11) is 0. The molecule has 2 nitrogen and oxygen atoms in total. The number of fused-ring (bicyclic) bond motifs is 2. The van der Waals surface area contributed by atoms with Crippen molar-refractivity contribution in [3.63, 3.8) is 0 Å². The normalized spacial score (nSPS) is 29.1. The number of hydrogen-bond donors (Lipinski definition) is 0. The molecule has 2 bridgehead atoms. The van der Waals surface area contributed by atoms with Crippen molar-refractivity contribution < 1.29 is 4.74 Å². The molecule has 23 heavy (non-hydrogen) atoms. The van der Waals surface area contributed by atoms with Gasteiger partial charge < -0.3 is 4.74 Å². The molecule has 2 saturated heterocycles. The summed E-state index contributed by atoms with van der Waals surface area (Å²) < 4.78 is 6.55. The highest BCUT2D eigenvalue weighted by molar-refractivity contribution is 5.17. The maximum atomic E-state index is 6.55. The molecule has 2 aliphatic heterocycles. The zero-order valence-corrected chi connectivity index (χ0v) is 15.1. The lowest BCUT2D eigenvalue weighted by Gasteiger charge is -2.40. The molecule has 0 N–H and O–H groups in total. The van der Waals surface area contributed by atoms with Crippen molar-refractivity contribution in [3.05, 3.63) is 35.9 Å². The maximum absolute atomic E-state index is 6.55. The minimum Gasteiger partial charge on any atom is -0.370 e. The standard InChI is InChI=1S/C21H33NO/c1-4-21(17-8-6-5-7-9-17)23-20-14-18-10-11-19(15-20)22(18)13-12-16(2)3/h5-9,16,18-21H,4,10-15H2,1-3H3/t18-,19+,20?,21?. The van der Waals surface area contributed by atoms with Crippen LogP contribution in [0.2, 0.25) is 0 Å². The smallest absolute Gasteiger partial charge is 0.0826 e. The average molecular weight is 316 g/mol. The molecule has 1 aromatic rings. The quantitative estimate of drug-likeness (QED) is 0.686. The summed E-state index contributed by atoms with van der Waals surface area (Å²) in [4.78, 5) is 2.79. The largest absolute Gasteiger partial charge is 0.370 e. The molecular weight excluding hydrogens is 282 g/mol. The van der Waals surface area contributed by atoms with Crippen LogP contribution in [-0.2, 0) is 4.74 Å². The van der Waals surface area contributed by atoms with Gasteiger partial charge in [-0.3, -0.25) is 4.90 Å². The van der Waals surface area contributed by atoms with Gasteiger partial charge >= 0.3 is 0 Å². The van der Waals surface area contributed by atoms with E-state index in [0.717, 1.165) is 24.4 Å². The van der Waals surface area contributed by atoms with Crippen LogP contribution >= 0.6 is 0 Å². The third-order valence-electron chi connectivity index (χ3n) is 5.70. The van der Waals surface area contributed by atoms with Crippen molar-refractivity contribution in [2.45, 2.75) is 83.6 Å². The highest BCUT2D eigenvalue weighted by Gasteiger charge is 2.41. The van der Waals surface area contributed by atoms with Crippen LogP contribution in [0.25, 0.3) is 0 Å². The second-order valence-electron chi connectivity index (χ2n) is 7.84. The molecule has 0 spiro atoms. The summed E-state index contributed by atoms with van der Waals surface area (Å²) in [5.41, 5.74) is 1.34. The molecule has 0 aliphatic carbocycles. The third-order valence-corrected chi connectivity index (χ3v) is 5.70. The monoisotopic (exact) mass is 315 g/mol. The average Bonchev–Trinajstić information content (AvgIpc) is 2.80. The molecule has 0 aromatic heterocycles. The Labute approximate surface area is 142 Å². The van der Waals surface area contributed by atoms with Gasteiger partial charge in [-0.1, -0.05) is 51.1 Å². The van der Waals surface area contributed by atoms with Gasteiger partial charge in [-0.2, -0.15) is 0 Å². The topological polar surface area (TPSA) is 12.5 Å². The number of nitrogens with zero attached hydrogens (tertiary/aromatic N) is 1. The molecule has 128 valence electrons. The van der Waals surface area contributed by atoms with Crippen molar-refractivity contribution in [1.82, 2.24) is 4.90 Å². The van der Waals surface area contributed by atoms with Crippen LogP contribution in [0.15, 0.2) is 30.3 Å². The van der Waals surface area contributed by atoms with Crippen LogP contribution in [0.1, 0.15) is 71.0 Å². The summed E-state index contributed by atoms with van der Waals surface area (Å²) in [6, 6.07) is 12.3. The number of ether oxygens (including phenoxy) is 1. The van der Waals surface area contributed by atoms with Gasteiger partial charge in [-0.25, -0.2) is 0 Å². The Hall–Kier alpha value is -0.860. The van der Waals surface area contributed by atoms with Gasteiger partial charge in [0.2, 0.25) is 0 Å². The van der Waals surface area contributed by atoms with E-state index < -0.39 is 0 Å². The van der Waals surface area contributed by atoms with Gasteiger partial charge in [-0.15, -0.1) is 0 Å². The van der Waals surface area contributed by atoms with Crippen molar-refractivity contribution in [1.29, 1.82) is 0 Å². The Morgan fingerprint density at radius 2 is 1.74 bits per heavy atom. The molecular formula is C21H33NO. The van der Waals surface area contributed by atoms with Crippen molar-refractivity contribution in [3.8, 4) is 0 Å². The first-order valence-electron chi connectivity index (χ1n) is 9.63. The van der Waals surface area contributed by atoms with Crippen LogP contribution in [0.5, 0.6) is 0 Å². The molecule has 3 rings (SSSR count). The number of hydrogen-bond acceptors (Lipinski definition) is 2. The zero-order valence-electron chi connectivity index (χ0n) is 15.1. The van der Waals surface area contributed by atoms with Crippen LogP contribution in [-0.4, -0.2) is 29.6 Å². The van der Waals surface area contributed by atoms with Crippen molar-refractivity contribution >= 4 is 0 Å². The Bertz CT molecular complexity index is 458. The Morgan fingerprint density at radius 1 is 1.09 bits per heavy atom. The van der Waals surface area contributed by atoms with Gasteiger partial charge in [0.05, 0.1) is 12.2 Å². The number of rotatable bonds is 7. The first-order chi connectivity index (χ1) is 11.2. The fourth-order valence-corrected chi connectivity index (χ4v) is 4.42. The van der Waals surface area contributed by atoms with Gasteiger partial charge in [-0.05, 0) is 56.6 Å². The lowest BCUT2D eigenvalue weighted by Crippen LogP contribution is -2.46. The molecule has 4 atom stereocenters. The van der Waals surface area contributed by atoms with Crippen LogP contribution < -0.4 is 0 Å². The number of piperidine rings is 1. The predicted octanol–water partition coefficient (Wildman–Crippen LogP) is 5.20. The SMILES string of the molecule is CCC(OC1C[C@H]2CC[C@@H](C1)N2CCC(C)C)c1ccccc1. The molecule has 0 radical (unpaired) electrons. The molecule has 2 unspecified atom stereocenters. The molecule has 0 saturated carbocycles. The summed E-state index contributed by atoms with van der Waals surface area (Å²) >= 11 is 0. The summed E-state index contributed by atoms with van der Waals surface area (Å²) in [5, 5.41) is 0. The summed E-state index contributed by atoms with van der Waals surface area (Å²) in [5.74, 6) is 0.811. The van der Waals surface area contributed by atoms with Crippen molar-refractivity contribution in [2.24, 2.45) is 5.92 Å². The molecule has 2 fully saturated rings. The van der Waals surface area contributed by atoms with E-state index in [9.17, 15) is 0 Å². The van der Waals surface area contributed by atoms with Gasteiger partial charge in [0.15, 0.2) is 0 Å². The summed E-state index contributed by atoms with van der Waals surface area (Å²) in [6.07, 6.45) is 8.34. The van der Waals surface area contributed by atoms with Gasteiger partial charge in [0.25, 0.3) is 0 Å². The Balaban J connectivity index is 1.57. The van der Waals surface area contributed by atoms with Crippen molar-refractivity contribution in [2.75, 3.05) is 6.54 Å². The Kier molecular flexibility index (Phi) is 5.76. The fraction of sp³-hybridized carbons (Fsp3) is 0.714. The third kappa shape index (κ3) is 4.16. The molecule has 2 aliphatic rings. The van der Waals surface area contributed by atoms with E-state index in [-0.39, 0.29) is 6.10 Å². The van der Waals surface area contributed by atoms with Crippen LogP contribution in [0.4, 0.5) is 0 Å². The summed E-state index contributed by atoms with van der Waals surface area (Å²) in [6.45, 7) is 8.20. The fourth-order valence-electron chi connectivity index (χ4n) is 4.42. The first kappa shape index (κ1) is 17.0. The van der Waals surface area contributed by atoms with Crippen LogP contribution in [0.3, 0.4) is 0 Å². The maximum Gasteiger partial charge on any atom is 0.0826 e. The van der Waals surface area contributed by atoms with E-state index in [1.807, 2.05) is 0 Å². The minimum atomic E-state index is 0.266. The first-order valence-corrected chi connectivity index (χ1v) is 9.63. The molecule has 2 heterocycles. The molecule has 0 amide bonds. The highest BCUT2D eigenvalue weighted by atomic mass is 16.5. The molecule has 1 aromatic carbocycles. The predicted molar refractivity (Wildman–Crippen MR) is 96.6 cm³/mol. The van der Waals surface area contributed by atoms with Crippen LogP contribution in [0, 0.1) is 5.92 Å². The van der Waals surface area contributed by atoms with E-state index in [2.05, 4.69) is 56.0 Å². The van der Waals surface area contributed by atoms with E-state index >= 15 is 0 Å². The second-order valence-corrected chi connectivity index (χ2v) is 7.84. The minimum absolute atomic E-state index is 0.266. The van der Waals surface area contributed by atoms with Gasteiger partial charge in [0, 0.05) is 12.1 Å². The number of benzene rings is 1. The van der Waals surface area contributed by atoms with E-state index in [1.165, 1.54) is 44.2 Å². The molecule has 2 heteroatoms.